The third-order valence-electron chi connectivity index (χ3n) is 2.48. The van der Waals surface area contributed by atoms with Gasteiger partial charge < -0.3 is 4.74 Å². The van der Waals surface area contributed by atoms with Gasteiger partial charge >= 0.3 is 5.97 Å². The zero-order valence-corrected chi connectivity index (χ0v) is 11.1. The fraction of sp³-hybridized carbons (Fsp3) is 0.571. The van der Waals surface area contributed by atoms with E-state index in [0.717, 1.165) is 12.1 Å². The number of aromatic nitrogens is 1. The highest BCUT2D eigenvalue weighted by molar-refractivity contribution is 5.71. The molecule has 0 radical (unpaired) electrons. The summed E-state index contributed by atoms with van der Waals surface area (Å²) in [6.07, 6.45) is 2.94. The van der Waals surface area contributed by atoms with Crippen molar-refractivity contribution < 1.29 is 9.53 Å². The van der Waals surface area contributed by atoms with E-state index in [9.17, 15) is 4.79 Å². The first-order valence-electron chi connectivity index (χ1n) is 6.04. The highest BCUT2D eigenvalue weighted by Crippen LogP contribution is 2.21. The van der Waals surface area contributed by atoms with Gasteiger partial charge in [-0.1, -0.05) is 33.8 Å². The van der Waals surface area contributed by atoms with E-state index in [0.29, 0.717) is 6.61 Å². The Kier molecular flexibility index (Phi) is 4.67. The summed E-state index contributed by atoms with van der Waals surface area (Å²) in [6, 6.07) is 3.92. The molecule has 0 spiro atoms. The first kappa shape index (κ1) is 13.7. The zero-order chi connectivity index (χ0) is 12.9. The number of ether oxygens (including phenoxy) is 1. The highest BCUT2D eigenvalue weighted by atomic mass is 16.5. The number of carbonyl (C=O) groups excluding carboxylic acids is 1. The minimum atomic E-state index is -0.206. The van der Waals surface area contributed by atoms with Crippen LogP contribution in [0.1, 0.15) is 45.4 Å². The maximum absolute atomic E-state index is 11.4. The predicted molar refractivity (Wildman–Crippen MR) is 67.9 cm³/mol. The Hall–Kier alpha value is -1.38. The van der Waals surface area contributed by atoms with Gasteiger partial charge in [0.15, 0.2) is 0 Å². The molecule has 1 heterocycles. The SMILES string of the molecule is CCCOC(=O)Cc1ccc(C(C)(C)C)cn1. The van der Waals surface area contributed by atoms with Gasteiger partial charge in [-0.25, -0.2) is 0 Å². The van der Waals surface area contributed by atoms with E-state index in [-0.39, 0.29) is 17.8 Å². The van der Waals surface area contributed by atoms with Crippen molar-refractivity contribution in [1.82, 2.24) is 4.98 Å². The van der Waals surface area contributed by atoms with Crippen molar-refractivity contribution in [2.24, 2.45) is 0 Å². The molecule has 0 aliphatic carbocycles. The summed E-state index contributed by atoms with van der Waals surface area (Å²) in [5, 5.41) is 0. The van der Waals surface area contributed by atoms with E-state index >= 15 is 0 Å². The molecule has 0 saturated heterocycles. The van der Waals surface area contributed by atoms with Crippen LogP contribution >= 0.6 is 0 Å². The summed E-state index contributed by atoms with van der Waals surface area (Å²) >= 11 is 0. The van der Waals surface area contributed by atoms with Gasteiger partial charge in [-0.15, -0.1) is 0 Å². The molecule has 1 rings (SSSR count). The van der Waals surface area contributed by atoms with E-state index < -0.39 is 0 Å². The third kappa shape index (κ3) is 4.55. The van der Waals surface area contributed by atoms with Crippen molar-refractivity contribution in [3.63, 3.8) is 0 Å². The van der Waals surface area contributed by atoms with Crippen LogP contribution < -0.4 is 0 Å². The van der Waals surface area contributed by atoms with E-state index in [1.165, 1.54) is 5.56 Å². The summed E-state index contributed by atoms with van der Waals surface area (Å²) in [5.74, 6) is -0.206. The molecule has 3 heteroatoms. The number of rotatable bonds is 4. The van der Waals surface area contributed by atoms with Gasteiger partial charge in [-0.05, 0) is 23.5 Å². The molecule has 0 fully saturated rings. The fourth-order valence-corrected chi connectivity index (χ4v) is 1.39. The van der Waals surface area contributed by atoms with E-state index in [1.807, 2.05) is 25.3 Å². The van der Waals surface area contributed by atoms with Gasteiger partial charge in [-0.2, -0.15) is 0 Å². The summed E-state index contributed by atoms with van der Waals surface area (Å²) in [5.41, 5.74) is 2.02. The number of pyridine rings is 1. The average molecular weight is 235 g/mol. The second-order valence-electron chi connectivity index (χ2n) is 5.19. The van der Waals surface area contributed by atoms with Gasteiger partial charge in [0.25, 0.3) is 0 Å². The Morgan fingerprint density at radius 1 is 1.35 bits per heavy atom. The molecule has 0 bridgehead atoms. The van der Waals surface area contributed by atoms with Crippen LogP contribution in [-0.2, 0) is 21.4 Å². The summed E-state index contributed by atoms with van der Waals surface area (Å²) in [7, 11) is 0. The topological polar surface area (TPSA) is 39.2 Å². The number of carbonyl (C=O) groups is 1. The Labute approximate surface area is 103 Å². The van der Waals surface area contributed by atoms with Crippen LogP contribution in [0.25, 0.3) is 0 Å². The van der Waals surface area contributed by atoms with Gasteiger partial charge in [0.05, 0.1) is 18.7 Å². The molecule has 0 unspecified atom stereocenters. The number of esters is 1. The number of nitrogens with zero attached hydrogens (tertiary/aromatic N) is 1. The lowest BCUT2D eigenvalue weighted by Gasteiger charge is -2.18. The van der Waals surface area contributed by atoms with Gasteiger partial charge in [0, 0.05) is 6.20 Å². The molecular weight excluding hydrogens is 214 g/mol. The van der Waals surface area contributed by atoms with Crippen LogP contribution in [0, 0.1) is 0 Å². The molecule has 0 saturated carbocycles. The quantitative estimate of drug-likeness (QED) is 0.753. The molecule has 17 heavy (non-hydrogen) atoms. The van der Waals surface area contributed by atoms with Crippen LogP contribution in [0.5, 0.6) is 0 Å². The minimum Gasteiger partial charge on any atom is -0.465 e. The molecule has 0 aliphatic heterocycles. The van der Waals surface area contributed by atoms with E-state index in [4.69, 9.17) is 4.74 Å². The zero-order valence-electron chi connectivity index (χ0n) is 11.1. The van der Waals surface area contributed by atoms with Gasteiger partial charge in [0.2, 0.25) is 0 Å². The Balaban J connectivity index is 2.60. The average Bonchev–Trinajstić information content (AvgIpc) is 2.26. The molecule has 1 aromatic rings. The van der Waals surface area contributed by atoms with Crippen LogP contribution in [0.15, 0.2) is 18.3 Å². The Bertz CT molecular complexity index is 363. The first-order valence-corrected chi connectivity index (χ1v) is 6.04. The van der Waals surface area contributed by atoms with Crippen molar-refractivity contribution in [1.29, 1.82) is 0 Å². The molecule has 0 amide bonds. The second-order valence-corrected chi connectivity index (χ2v) is 5.19. The van der Waals surface area contributed by atoms with Crippen LogP contribution in [0.4, 0.5) is 0 Å². The highest BCUT2D eigenvalue weighted by Gasteiger charge is 2.14. The summed E-state index contributed by atoms with van der Waals surface area (Å²) < 4.78 is 5.01. The van der Waals surface area contributed by atoms with Crippen molar-refractivity contribution in [2.45, 2.75) is 46.0 Å². The van der Waals surface area contributed by atoms with Gasteiger partial charge in [0.1, 0.15) is 0 Å². The maximum atomic E-state index is 11.4. The second kappa shape index (κ2) is 5.80. The normalized spacial score (nSPS) is 11.3. The largest absolute Gasteiger partial charge is 0.465 e. The monoisotopic (exact) mass is 235 g/mol. The molecular formula is C14H21NO2. The van der Waals surface area contributed by atoms with Crippen LogP contribution in [0.3, 0.4) is 0 Å². The van der Waals surface area contributed by atoms with E-state index in [1.54, 1.807) is 0 Å². The van der Waals surface area contributed by atoms with E-state index in [2.05, 4.69) is 25.8 Å². The molecule has 94 valence electrons. The van der Waals surface area contributed by atoms with Crippen molar-refractivity contribution in [3.05, 3.63) is 29.6 Å². The van der Waals surface area contributed by atoms with Crippen LogP contribution in [-0.4, -0.2) is 17.6 Å². The smallest absolute Gasteiger partial charge is 0.311 e. The van der Waals surface area contributed by atoms with Crippen LogP contribution in [0.2, 0.25) is 0 Å². The number of hydrogen-bond acceptors (Lipinski definition) is 3. The third-order valence-corrected chi connectivity index (χ3v) is 2.48. The first-order chi connectivity index (χ1) is 7.93. The van der Waals surface area contributed by atoms with Crippen molar-refractivity contribution in [2.75, 3.05) is 6.61 Å². The molecule has 1 aromatic heterocycles. The fourth-order valence-electron chi connectivity index (χ4n) is 1.39. The maximum Gasteiger partial charge on any atom is 0.311 e. The summed E-state index contributed by atoms with van der Waals surface area (Å²) in [4.78, 5) is 15.7. The number of hydrogen-bond donors (Lipinski definition) is 0. The van der Waals surface area contributed by atoms with Crippen molar-refractivity contribution in [3.8, 4) is 0 Å². The molecule has 0 aliphatic rings. The Morgan fingerprint density at radius 2 is 2.06 bits per heavy atom. The van der Waals surface area contributed by atoms with Crippen molar-refractivity contribution >= 4 is 5.97 Å². The lowest BCUT2D eigenvalue weighted by molar-refractivity contribution is -0.142. The lowest BCUT2D eigenvalue weighted by Crippen LogP contribution is -2.13. The molecule has 0 aromatic carbocycles. The minimum absolute atomic E-state index is 0.0915. The lowest BCUT2D eigenvalue weighted by atomic mass is 9.88. The van der Waals surface area contributed by atoms with Gasteiger partial charge in [-0.3, -0.25) is 9.78 Å². The molecule has 0 N–H and O–H groups in total. The standard InChI is InChI=1S/C14H21NO2/c1-5-8-17-13(16)9-12-7-6-11(10-15-12)14(2,3)4/h6-7,10H,5,8-9H2,1-4H3. The molecule has 3 nitrogen and oxygen atoms in total. The Morgan fingerprint density at radius 3 is 2.53 bits per heavy atom. The molecule has 0 atom stereocenters. The summed E-state index contributed by atoms with van der Waals surface area (Å²) in [6.45, 7) is 8.88. The predicted octanol–water partition coefficient (Wildman–Crippen LogP) is 2.87.